The first kappa shape index (κ1) is 15.5. The van der Waals surface area contributed by atoms with E-state index < -0.39 is 10.0 Å². The Bertz CT molecular complexity index is 789. The number of nitrogens with one attached hydrogen (secondary N) is 1. The number of carbonyl (C=O) groups excluding carboxylic acids is 1. The minimum atomic E-state index is -3.23. The van der Waals surface area contributed by atoms with Crippen molar-refractivity contribution in [3.8, 4) is 0 Å². The molecular formula is C16H17N3O3S. The molecule has 0 saturated carbocycles. The fraction of sp³-hybridized carbons (Fsp3) is 0.250. The largest absolute Gasteiger partial charge is 0.321 e. The number of rotatable bonds is 3. The lowest BCUT2D eigenvalue weighted by atomic mass is 10.2. The molecule has 2 aromatic rings. The van der Waals surface area contributed by atoms with Crippen LogP contribution in [0.3, 0.4) is 0 Å². The molecule has 120 valence electrons. The van der Waals surface area contributed by atoms with Crippen molar-refractivity contribution in [2.24, 2.45) is 0 Å². The van der Waals surface area contributed by atoms with Crippen LogP contribution in [0.4, 0.5) is 11.4 Å². The fourth-order valence-electron chi connectivity index (χ4n) is 2.50. The van der Waals surface area contributed by atoms with E-state index in [0.29, 0.717) is 29.9 Å². The van der Waals surface area contributed by atoms with Gasteiger partial charge in [-0.15, -0.1) is 0 Å². The van der Waals surface area contributed by atoms with Crippen molar-refractivity contribution in [1.82, 2.24) is 4.98 Å². The topological polar surface area (TPSA) is 79.4 Å². The Morgan fingerprint density at radius 3 is 2.57 bits per heavy atom. The molecule has 1 aromatic carbocycles. The Balaban J connectivity index is 1.75. The molecular weight excluding hydrogens is 314 g/mol. The van der Waals surface area contributed by atoms with Crippen LogP contribution in [0, 0.1) is 0 Å². The van der Waals surface area contributed by atoms with Gasteiger partial charge in [-0.3, -0.25) is 14.1 Å². The summed E-state index contributed by atoms with van der Waals surface area (Å²) in [5, 5.41) is 2.74. The fourth-order valence-corrected chi connectivity index (χ4v) is 4.14. The van der Waals surface area contributed by atoms with Gasteiger partial charge >= 0.3 is 0 Å². The molecule has 1 aliphatic heterocycles. The minimum Gasteiger partial charge on any atom is -0.321 e. The zero-order valence-electron chi connectivity index (χ0n) is 12.5. The van der Waals surface area contributed by atoms with Crippen molar-refractivity contribution in [2.45, 2.75) is 12.8 Å². The molecule has 0 atom stereocenters. The smallest absolute Gasteiger partial charge is 0.255 e. The van der Waals surface area contributed by atoms with E-state index in [9.17, 15) is 13.2 Å². The zero-order chi connectivity index (χ0) is 16.3. The summed E-state index contributed by atoms with van der Waals surface area (Å²) in [6.45, 7) is 0.490. The highest BCUT2D eigenvalue weighted by Gasteiger charge is 2.25. The van der Waals surface area contributed by atoms with E-state index in [1.165, 1.54) is 4.31 Å². The Hall–Kier alpha value is -2.41. The number of benzene rings is 1. The standard InChI is InChI=1S/C16H17N3O3S/c20-16(18-14-4-3-9-17-12-14)13-5-7-15(8-6-13)19-10-1-2-11-23(19,21)22/h3-9,12H,1-2,10-11H2,(H,18,20). The molecule has 23 heavy (non-hydrogen) atoms. The highest BCUT2D eigenvalue weighted by molar-refractivity contribution is 7.92. The Labute approximate surface area is 135 Å². The summed E-state index contributed by atoms with van der Waals surface area (Å²) in [4.78, 5) is 16.1. The molecule has 0 bridgehead atoms. The molecule has 1 N–H and O–H groups in total. The second kappa shape index (κ2) is 6.37. The van der Waals surface area contributed by atoms with E-state index in [0.717, 1.165) is 6.42 Å². The number of carbonyl (C=O) groups is 1. The van der Waals surface area contributed by atoms with E-state index in [1.807, 2.05) is 0 Å². The summed E-state index contributed by atoms with van der Waals surface area (Å²) in [6.07, 6.45) is 4.74. The third kappa shape index (κ3) is 3.50. The van der Waals surface area contributed by atoms with Gasteiger partial charge in [0.25, 0.3) is 5.91 Å². The number of hydrogen-bond acceptors (Lipinski definition) is 4. The van der Waals surface area contributed by atoms with Crippen molar-refractivity contribution in [1.29, 1.82) is 0 Å². The van der Waals surface area contributed by atoms with Crippen LogP contribution in [0.15, 0.2) is 48.8 Å². The van der Waals surface area contributed by atoms with Gasteiger partial charge in [0.1, 0.15) is 0 Å². The van der Waals surface area contributed by atoms with Crippen LogP contribution < -0.4 is 9.62 Å². The molecule has 1 fully saturated rings. The number of pyridine rings is 1. The Morgan fingerprint density at radius 2 is 1.91 bits per heavy atom. The number of nitrogens with zero attached hydrogens (tertiary/aromatic N) is 2. The molecule has 1 saturated heterocycles. The average molecular weight is 331 g/mol. The van der Waals surface area contributed by atoms with Crippen LogP contribution in [0.1, 0.15) is 23.2 Å². The second-order valence-electron chi connectivity index (χ2n) is 5.34. The van der Waals surface area contributed by atoms with E-state index in [1.54, 1.807) is 48.8 Å². The van der Waals surface area contributed by atoms with E-state index >= 15 is 0 Å². The normalized spacial score (nSPS) is 16.8. The van der Waals surface area contributed by atoms with Gasteiger partial charge in [-0.1, -0.05) is 0 Å². The summed E-state index contributed by atoms with van der Waals surface area (Å²) >= 11 is 0. The van der Waals surface area contributed by atoms with Crippen LogP contribution in [-0.4, -0.2) is 31.6 Å². The van der Waals surface area contributed by atoms with Gasteiger partial charge < -0.3 is 5.32 Å². The number of anilines is 2. The molecule has 7 heteroatoms. The van der Waals surface area contributed by atoms with Gasteiger partial charge in [-0.05, 0) is 49.2 Å². The van der Waals surface area contributed by atoms with Gasteiger partial charge in [-0.25, -0.2) is 8.42 Å². The van der Waals surface area contributed by atoms with Crippen LogP contribution in [-0.2, 0) is 10.0 Å². The maximum absolute atomic E-state index is 12.2. The lowest BCUT2D eigenvalue weighted by Gasteiger charge is -2.28. The van der Waals surface area contributed by atoms with Crippen LogP contribution in [0.25, 0.3) is 0 Å². The molecule has 0 unspecified atom stereocenters. The van der Waals surface area contributed by atoms with E-state index in [2.05, 4.69) is 10.3 Å². The number of amides is 1. The summed E-state index contributed by atoms with van der Waals surface area (Å²) < 4.78 is 25.6. The van der Waals surface area contributed by atoms with Gasteiger partial charge in [-0.2, -0.15) is 0 Å². The molecule has 1 aromatic heterocycles. The predicted molar refractivity (Wildman–Crippen MR) is 89.0 cm³/mol. The highest BCUT2D eigenvalue weighted by Crippen LogP contribution is 2.24. The van der Waals surface area contributed by atoms with E-state index in [4.69, 9.17) is 0 Å². The van der Waals surface area contributed by atoms with E-state index in [-0.39, 0.29) is 11.7 Å². The van der Waals surface area contributed by atoms with Crippen LogP contribution in [0.2, 0.25) is 0 Å². The zero-order valence-corrected chi connectivity index (χ0v) is 13.3. The molecule has 2 heterocycles. The Kier molecular flexibility index (Phi) is 4.29. The highest BCUT2D eigenvalue weighted by atomic mass is 32.2. The molecule has 0 spiro atoms. The first-order valence-corrected chi connectivity index (χ1v) is 8.99. The van der Waals surface area contributed by atoms with Crippen molar-refractivity contribution in [3.63, 3.8) is 0 Å². The summed E-state index contributed by atoms with van der Waals surface area (Å²) in [6, 6.07) is 10.1. The SMILES string of the molecule is O=C(Nc1cccnc1)c1ccc(N2CCCCS2(=O)=O)cc1. The number of sulfonamides is 1. The first-order valence-electron chi connectivity index (χ1n) is 7.38. The quantitative estimate of drug-likeness (QED) is 0.935. The minimum absolute atomic E-state index is 0.177. The van der Waals surface area contributed by atoms with Crippen LogP contribution >= 0.6 is 0 Å². The summed E-state index contributed by atoms with van der Waals surface area (Å²) in [5.41, 5.74) is 1.68. The maximum atomic E-state index is 12.2. The summed E-state index contributed by atoms with van der Waals surface area (Å²) in [5.74, 6) is -0.0815. The number of hydrogen-bond donors (Lipinski definition) is 1. The van der Waals surface area contributed by atoms with Crippen molar-refractivity contribution >= 4 is 27.3 Å². The van der Waals surface area contributed by atoms with Crippen molar-refractivity contribution in [2.75, 3.05) is 21.9 Å². The molecule has 0 radical (unpaired) electrons. The molecule has 6 nitrogen and oxygen atoms in total. The molecule has 1 amide bonds. The Morgan fingerprint density at radius 1 is 1.13 bits per heavy atom. The first-order chi connectivity index (χ1) is 11.1. The monoisotopic (exact) mass is 331 g/mol. The summed E-state index contributed by atoms with van der Waals surface area (Å²) in [7, 11) is -3.23. The van der Waals surface area contributed by atoms with Gasteiger partial charge in [0, 0.05) is 18.3 Å². The molecule has 3 rings (SSSR count). The lowest BCUT2D eigenvalue weighted by molar-refractivity contribution is 0.102. The molecule has 1 aliphatic rings. The lowest BCUT2D eigenvalue weighted by Crippen LogP contribution is -2.37. The maximum Gasteiger partial charge on any atom is 0.255 e. The van der Waals surface area contributed by atoms with Gasteiger partial charge in [0.2, 0.25) is 10.0 Å². The van der Waals surface area contributed by atoms with Crippen molar-refractivity contribution in [3.05, 3.63) is 54.4 Å². The number of aromatic nitrogens is 1. The van der Waals surface area contributed by atoms with Crippen LogP contribution in [0.5, 0.6) is 0 Å². The second-order valence-corrected chi connectivity index (χ2v) is 7.35. The van der Waals surface area contributed by atoms with Crippen molar-refractivity contribution < 1.29 is 13.2 Å². The predicted octanol–water partition coefficient (Wildman–Crippen LogP) is 2.26. The third-order valence-electron chi connectivity index (χ3n) is 3.69. The molecule has 0 aliphatic carbocycles. The third-order valence-corrected chi connectivity index (χ3v) is 5.56. The van der Waals surface area contributed by atoms with Gasteiger partial charge in [0.05, 0.1) is 23.3 Å². The van der Waals surface area contributed by atoms with Gasteiger partial charge in [0.15, 0.2) is 0 Å². The average Bonchev–Trinajstić information content (AvgIpc) is 2.55.